The highest BCUT2D eigenvalue weighted by molar-refractivity contribution is 5.73. The number of nitrogens with zero attached hydrogens (tertiary/aromatic N) is 4. The van der Waals surface area contributed by atoms with Gasteiger partial charge in [-0.25, -0.2) is 15.0 Å². The molecule has 0 bridgehead atoms. The number of imidazole rings is 1. The smallest absolute Gasteiger partial charge is 0.165 e. The fourth-order valence-corrected chi connectivity index (χ4v) is 2.99. The molecule has 1 saturated heterocycles. The molecule has 1 aliphatic rings. The summed E-state index contributed by atoms with van der Waals surface area (Å²) in [6.07, 6.45) is 5.96. The summed E-state index contributed by atoms with van der Waals surface area (Å²) >= 11 is 0. The van der Waals surface area contributed by atoms with Crippen molar-refractivity contribution >= 4 is 11.2 Å². The van der Waals surface area contributed by atoms with Gasteiger partial charge >= 0.3 is 0 Å². The first-order valence-electron chi connectivity index (χ1n) is 7.39. The van der Waals surface area contributed by atoms with Gasteiger partial charge in [0.25, 0.3) is 0 Å². The van der Waals surface area contributed by atoms with Crippen LogP contribution in [-0.2, 0) is 0 Å². The van der Waals surface area contributed by atoms with Gasteiger partial charge < -0.3 is 5.32 Å². The minimum atomic E-state index is 0.412. The first-order chi connectivity index (χ1) is 10.4. The van der Waals surface area contributed by atoms with Gasteiger partial charge in [0.05, 0.1) is 0 Å². The van der Waals surface area contributed by atoms with Gasteiger partial charge in [-0.15, -0.1) is 0 Å². The highest BCUT2D eigenvalue weighted by atomic mass is 15.2. The van der Waals surface area contributed by atoms with E-state index in [1.807, 2.05) is 42.7 Å². The zero-order valence-electron chi connectivity index (χ0n) is 11.7. The molecule has 1 unspecified atom stereocenters. The van der Waals surface area contributed by atoms with Crippen molar-refractivity contribution in [1.82, 2.24) is 24.8 Å². The van der Waals surface area contributed by atoms with Crippen LogP contribution in [0.15, 0.2) is 42.7 Å². The summed E-state index contributed by atoms with van der Waals surface area (Å²) in [5.41, 5.74) is 1.82. The lowest BCUT2D eigenvalue weighted by atomic mass is 9.99. The quantitative estimate of drug-likeness (QED) is 0.782. The Morgan fingerprint density at radius 1 is 1.10 bits per heavy atom. The molecule has 0 aromatic carbocycles. The van der Waals surface area contributed by atoms with Crippen LogP contribution in [0.4, 0.5) is 0 Å². The number of rotatable bonds is 2. The summed E-state index contributed by atoms with van der Waals surface area (Å²) < 4.78 is 2.10. The normalized spacial score (nSPS) is 19.0. The Hall–Kier alpha value is -2.27. The van der Waals surface area contributed by atoms with E-state index in [2.05, 4.69) is 19.9 Å². The Morgan fingerprint density at radius 2 is 2.05 bits per heavy atom. The minimum Gasteiger partial charge on any atom is -0.316 e. The van der Waals surface area contributed by atoms with Crippen molar-refractivity contribution in [3.8, 4) is 5.82 Å². The predicted molar refractivity (Wildman–Crippen MR) is 81.5 cm³/mol. The first kappa shape index (κ1) is 12.5. The predicted octanol–water partition coefficient (Wildman–Crippen LogP) is 2.28. The van der Waals surface area contributed by atoms with Crippen molar-refractivity contribution in [2.45, 2.75) is 18.8 Å². The van der Waals surface area contributed by atoms with Crippen molar-refractivity contribution in [1.29, 1.82) is 0 Å². The van der Waals surface area contributed by atoms with E-state index in [1.54, 1.807) is 0 Å². The van der Waals surface area contributed by atoms with Gasteiger partial charge in [-0.1, -0.05) is 6.07 Å². The molecule has 0 saturated carbocycles. The van der Waals surface area contributed by atoms with Crippen LogP contribution in [0, 0.1) is 0 Å². The second-order valence-electron chi connectivity index (χ2n) is 5.38. The molecular weight excluding hydrogens is 262 g/mol. The van der Waals surface area contributed by atoms with Gasteiger partial charge in [0.15, 0.2) is 5.65 Å². The lowest BCUT2D eigenvalue weighted by molar-refractivity contribution is 0.444. The van der Waals surface area contributed by atoms with Gasteiger partial charge in [-0.2, -0.15) is 0 Å². The Labute approximate surface area is 123 Å². The highest BCUT2D eigenvalue weighted by Crippen LogP contribution is 2.27. The second kappa shape index (κ2) is 5.26. The summed E-state index contributed by atoms with van der Waals surface area (Å²) in [7, 11) is 0. The van der Waals surface area contributed by atoms with E-state index in [1.165, 1.54) is 6.42 Å². The molecule has 3 aromatic rings. The van der Waals surface area contributed by atoms with Crippen molar-refractivity contribution in [3.05, 3.63) is 48.5 Å². The van der Waals surface area contributed by atoms with Crippen LogP contribution in [0.5, 0.6) is 0 Å². The number of piperidine rings is 1. The van der Waals surface area contributed by atoms with Gasteiger partial charge in [0, 0.05) is 24.9 Å². The van der Waals surface area contributed by atoms with Gasteiger partial charge in [0.1, 0.15) is 17.2 Å². The molecule has 4 heterocycles. The van der Waals surface area contributed by atoms with E-state index >= 15 is 0 Å². The molecule has 0 amide bonds. The van der Waals surface area contributed by atoms with E-state index in [0.29, 0.717) is 5.92 Å². The monoisotopic (exact) mass is 279 g/mol. The van der Waals surface area contributed by atoms with Crippen molar-refractivity contribution in [2.24, 2.45) is 0 Å². The largest absolute Gasteiger partial charge is 0.316 e. The third-order valence-electron chi connectivity index (χ3n) is 3.98. The molecule has 3 aromatic heterocycles. The zero-order valence-corrected chi connectivity index (χ0v) is 11.7. The van der Waals surface area contributed by atoms with E-state index in [0.717, 1.165) is 42.3 Å². The fourth-order valence-electron chi connectivity index (χ4n) is 2.99. The zero-order chi connectivity index (χ0) is 14.1. The Balaban J connectivity index is 1.92. The molecule has 0 spiro atoms. The number of pyridine rings is 2. The van der Waals surface area contributed by atoms with Crippen LogP contribution >= 0.6 is 0 Å². The maximum Gasteiger partial charge on any atom is 0.165 e. The summed E-state index contributed by atoms with van der Waals surface area (Å²) in [5, 5.41) is 3.46. The Morgan fingerprint density at radius 3 is 2.86 bits per heavy atom. The van der Waals surface area contributed by atoms with Crippen molar-refractivity contribution in [3.63, 3.8) is 0 Å². The summed E-state index contributed by atoms with van der Waals surface area (Å²) in [5.74, 6) is 2.36. The molecule has 0 radical (unpaired) electrons. The maximum atomic E-state index is 4.83. The lowest BCUT2D eigenvalue weighted by Crippen LogP contribution is -2.30. The van der Waals surface area contributed by atoms with Crippen LogP contribution in [0.2, 0.25) is 0 Å². The summed E-state index contributed by atoms with van der Waals surface area (Å²) in [6.45, 7) is 2.06. The average Bonchev–Trinajstić information content (AvgIpc) is 2.96. The van der Waals surface area contributed by atoms with Crippen LogP contribution in [0.25, 0.3) is 17.0 Å². The minimum absolute atomic E-state index is 0.412. The molecule has 4 rings (SSSR count). The molecule has 5 nitrogen and oxygen atoms in total. The first-order valence-corrected chi connectivity index (χ1v) is 7.39. The average molecular weight is 279 g/mol. The van der Waals surface area contributed by atoms with Crippen LogP contribution in [0.3, 0.4) is 0 Å². The third kappa shape index (κ3) is 2.19. The molecule has 1 fully saturated rings. The molecule has 5 heteroatoms. The number of aromatic nitrogens is 4. The highest BCUT2D eigenvalue weighted by Gasteiger charge is 2.23. The van der Waals surface area contributed by atoms with Gasteiger partial charge in [-0.3, -0.25) is 4.57 Å². The molecule has 1 aliphatic heterocycles. The molecule has 0 aliphatic carbocycles. The molecule has 106 valence electrons. The number of nitrogens with one attached hydrogen (secondary N) is 1. The van der Waals surface area contributed by atoms with E-state index in [-0.39, 0.29) is 0 Å². The molecular formula is C16H17N5. The van der Waals surface area contributed by atoms with Crippen molar-refractivity contribution < 1.29 is 0 Å². The van der Waals surface area contributed by atoms with E-state index in [4.69, 9.17) is 4.98 Å². The lowest BCUT2D eigenvalue weighted by Gasteiger charge is -2.22. The maximum absolute atomic E-state index is 4.83. The standard InChI is InChI=1S/C16H17N5/c1-2-9-18-14(7-1)21-15(12-5-3-8-17-11-12)20-13-6-4-10-19-16(13)21/h1-2,4,6-7,9-10,12,17H,3,5,8,11H2. The molecule has 1 atom stereocenters. The van der Waals surface area contributed by atoms with Gasteiger partial charge in [-0.05, 0) is 43.7 Å². The van der Waals surface area contributed by atoms with Gasteiger partial charge in [0.2, 0.25) is 0 Å². The Bertz CT molecular complexity index is 744. The third-order valence-corrected chi connectivity index (χ3v) is 3.98. The second-order valence-corrected chi connectivity index (χ2v) is 5.38. The molecule has 1 N–H and O–H groups in total. The van der Waals surface area contributed by atoms with E-state index in [9.17, 15) is 0 Å². The van der Waals surface area contributed by atoms with E-state index < -0.39 is 0 Å². The SMILES string of the molecule is c1ccc(-n2c(C3CCCNC3)nc3cccnc32)nc1. The van der Waals surface area contributed by atoms with Crippen LogP contribution < -0.4 is 5.32 Å². The summed E-state index contributed by atoms with van der Waals surface area (Å²) in [6, 6.07) is 9.88. The fraction of sp³-hybridized carbons (Fsp3) is 0.312. The van der Waals surface area contributed by atoms with Crippen molar-refractivity contribution in [2.75, 3.05) is 13.1 Å². The topological polar surface area (TPSA) is 55.6 Å². The number of hydrogen-bond acceptors (Lipinski definition) is 4. The summed E-state index contributed by atoms with van der Waals surface area (Å²) in [4.78, 5) is 13.8. The number of hydrogen-bond donors (Lipinski definition) is 1. The molecule has 21 heavy (non-hydrogen) atoms. The van der Waals surface area contributed by atoms with Crippen LogP contribution in [-0.4, -0.2) is 32.6 Å². The Kier molecular flexibility index (Phi) is 3.12. The number of fused-ring (bicyclic) bond motifs is 1. The van der Waals surface area contributed by atoms with Crippen LogP contribution in [0.1, 0.15) is 24.6 Å².